The molecule has 1 aromatic heterocycles. The predicted molar refractivity (Wildman–Crippen MR) is 123 cm³/mol. The molecule has 2 aromatic carbocycles. The van der Waals surface area contributed by atoms with Crippen molar-refractivity contribution >= 4 is 44.7 Å². The monoisotopic (exact) mass is 462 g/mol. The van der Waals surface area contributed by atoms with Crippen molar-refractivity contribution in [2.45, 2.75) is 10.6 Å². The third-order valence-electron chi connectivity index (χ3n) is 4.13. The van der Waals surface area contributed by atoms with Crippen LogP contribution in [0.15, 0.2) is 70.9 Å². The Hall–Kier alpha value is -2.49. The van der Waals surface area contributed by atoms with Crippen molar-refractivity contribution in [3.05, 3.63) is 76.5 Å². The minimum absolute atomic E-state index is 0.0846. The molecule has 0 bridgehead atoms. The first kappa shape index (κ1) is 22.2. The van der Waals surface area contributed by atoms with Crippen LogP contribution in [0.4, 0.5) is 5.69 Å². The Morgan fingerprint density at radius 1 is 1.07 bits per heavy atom. The minimum Gasteiger partial charge on any atom is -0.497 e. The van der Waals surface area contributed by atoms with Crippen molar-refractivity contribution in [3.63, 3.8) is 0 Å². The summed E-state index contributed by atoms with van der Waals surface area (Å²) in [6.45, 7) is 0.550. The van der Waals surface area contributed by atoms with Crippen LogP contribution in [0.1, 0.15) is 15.2 Å². The number of sulfonamides is 1. The van der Waals surface area contributed by atoms with Gasteiger partial charge in [0.15, 0.2) is 0 Å². The van der Waals surface area contributed by atoms with Gasteiger partial charge in [0.05, 0.1) is 12.0 Å². The van der Waals surface area contributed by atoms with E-state index in [1.54, 1.807) is 54.5 Å². The van der Waals surface area contributed by atoms with E-state index < -0.39 is 10.0 Å². The summed E-state index contributed by atoms with van der Waals surface area (Å²) in [5.74, 6) is 2.15. The van der Waals surface area contributed by atoms with Gasteiger partial charge in [0.25, 0.3) is 15.9 Å². The van der Waals surface area contributed by atoms with Crippen LogP contribution in [0.25, 0.3) is 0 Å². The molecule has 0 atom stereocenters. The van der Waals surface area contributed by atoms with Gasteiger partial charge in [-0.3, -0.25) is 9.52 Å². The number of carbonyl (C=O) groups excluding carboxylic acids is 1. The van der Waals surface area contributed by atoms with Crippen LogP contribution in [0.2, 0.25) is 0 Å². The van der Waals surface area contributed by atoms with Gasteiger partial charge in [0.2, 0.25) is 0 Å². The SMILES string of the molecule is COc1ccc(NS(=O)(=O)c2ccc(C(=O)NCCSCc3cccs3)cc2)cc1. The Labute approximate surface area is 184 Å². The summed E-state index contributed by atoms with van der Waals surface area (Å²) in [4.78, 5) is 13.6. The quantitative estimate of drug-likeness (QED) is 0.441. The Morgan fingerprint density at radius 3 is 2.43 bits per heavy atom. The van der Waals surface area contributed by atoms with Crippen molar-refractivity contribution in [2.75, 3.05) is 24.1 Å². The fraction of sp³-hybridized carbons (Fsp3) is 0.190. The van der Waals surface area contributed by atoms with Gasteiger partial charge in [-0.2, -0.15) is 11.8 Å². The zero-order chi connectivity index (χ0) is 21.4. The Kier molecular flexibility index (Phi) is 7.78. The lowest BCUT2D eigenvalue weighted by Crippen LogP contribution is -2.25. The van der Waals surface area contributed by atoms with E-state index in [9.17, 15) is 13.2 Å². The molecule has 3 rings (SSSR count). The summed E-state index contributed by atoms with van der Waals surface area (Å²) in [5.41, 5.74) is 0.847. The number of hydrogen-bond donors (Lipinski definition) is 2. The molecule has 158 valence electrons. The highest BCUT2D eigenvalue weighted by Gasteiger charge is 2.15. The van der Waals surface area contributed by atoms with Crippen LogP contribution in [0.3, 0.4) is 0 Å². The molecular formula is C21H22N2O4S3. The number of anilines is 1. The van der Waals surface area contributed by atoms with Gasteiger partial charge in [-0.15, -0.1) is 11.3 Å². The average molecular weight is 463 g/mol. The summed E-state index contributed by atoms with van der Waals surface area (Å²) in [7, 11) is -2.20. The third-order valence-corrected chi connectivity index (χ3v) is 7.59. The summed E-state index contributed by atoms with van der Waals surface area (Å²) < 4.78 is 32.6. The number of benzene rings is 2. The number of rotatable bonds is 10. The average Bonchev–Trinajstić information content (AvgIpc) is 3.27. The molecule has 1 heterocycles. The first-order chi connectivity index (χ1) is 14.5. The highest BCUT2D eigenvalue weighted by molar-refractivity contribution is 7.98. The number of amides is 1. The molecule has 0 aliphatic rings. The minimum atomic E-state index is -3.75. The van der Waals surface area contributed by atoms with Crippen LogP contribution < -0.4 is 14.8 Å². The van der Waals surface area contributed by atoms with Gasteiger partial charge in [-0.05, 0) is 60.0 Å². The molecule has 0 radical (unpaired) electrons. The second kappa shape index (κ2) is 10.5. The lowest BCUT2D eigenvalue weighted by molar-refractivity contribution is 0.0956. The molecule has 30 heavy (non-hydrogen) atoms. The zero-order valence-corrected chi connectivity index (χ0v) is 18.8. The first-order valence-corrected chi connectivity index (χ1v) is 12.6. The maximum atomic E-state index is 12.5. The molecule has 9 heteroatoms. The molecule has 0 saturated heterocycles. The molecule has 0 saturated carbocycles. The molecule has 0 fully saturated rings. The summed E-state index contributed by atoms with van der Waals surface area (Å²) in [6, 6.07) is 16.6. The molecule has 1 amide bonds. The van der Waals surface area contributed by atoms with Crippen molar-refractivity contribution < 1.29 is 17.9 Å². The van der Waals surface area contributed by atoms with E-state index in [2.05, 4.69) is 16.1 Å². The summed E-state index contributed by atoms with van der Waals surface area (Å²) in [6.07, 6.45) is 0. The highest BCUT2D eigenvalue weighted by Crippen LogP contribution is 2.20. The lowest BCUT2D eigenvalue weighted by atomic mass is 10.2. The fourth-order valence-electron chi connectivity index (χ4n) is 2.56. The number of nitrogens with one attached hydrogen (secondary N) is 2. The van der Waals surface area contributed by atoms with Gasteiger partial charge < -0.3 is 10.1 Å². The van der Waals surface area contributed by atoms with Gasteiger partial charge in [0, 0.05) is 34.2 Å². The Bertz CT molecular complexity index is 1050. The highest BCUT2D eigenvalue weighted by atomic mass is 32.2. The molecule has 0 aliphatic carbocycles. The largest absolute Gasteiger partial charge is 0.497 e. The van der Waals surface area contributed by atoms with Gasteiger partial charge in [0.1, 0.15) is 5.75 Å². The zero-order valence-electron chi connectivity index (χ0n) is 16.3. The second-order valence-electron chi connectivity index (χ2n) is 6.25. The topological polar surface area (TPSA) is 84.5 Å². The maximum absolute atomic E-state index is 12.5. The fourth-order valence-corrected chi connectivity index (χ4v) is 5.32. The number of thioether (sulfide) groups is 1. The first-order valence-electron chi connectivity index (χ1n) is 9.13. The third kappa shape index (κ3) is 6.25. The molecule has 0 unspecified atom stereocenters. The van der Waals surface area contributed by atoms with Crippen LogP contribution in [-0.2, 0) is 15.8 Å². The number of carbonyl (C=O) groups is 1. The van der Waals surface area contributed by atoms with Gasteiger partial charge in [-0.1, -0.05) is 6.07 Å². The van der Waals surface area contributed by atoms with E-state index in [1.165, 1.54) is 29.1 Å². The van der Waals surface area contributed by atoms with Gasteiger partial charge in [-0.25, -0.2) is 8.42 Å². The smallest absolute Gasteiger partial charge is 0.261 e. The normalized spacial score (nSPS) is 11.1. The Balaban J connectivity index is 1.50. The number of thiophene rings is 1. The van der Waals surface area contributed by atoms with Crippen molar-refractivity contribution in [3.8, 4) is 5.75 Å². The molecule has 0 spiro atoms. The summed E-state index contributed by atoms with van der Waals surface area (Å²) >= 11 is 3.48. The number of ether oxygens (including phenoxy) is 1. The van der Waals surface area contributed by atoms with E-state index in [1.807, 2.05) is 11.4 Å². The molecule has 0 aliphatic heterocycles. The molecule has 3 aromatic rings. The summed E-state index contributed by atoms with van der Waals surface area (Å²) in [5, 5.41) is 4.90. The molecular weight excluding hydrogens is 440 g/mol. The number of hydrogen-bond acceptors (Lipinski definition) is 6. The van der Waals surface area contributed by atoms with Crippen LogP contribution in [-0.4, -0.2) is 33.7 Å². The lowest BCUT2D eigenvalue weighted by Gasteiger charge is -2.10. The van der Waals surface area contributed by atoms with Crippen molar-refractivity contribution in [2.24, 2.45) is 0 Å². The van der Waals surface area contributed by atoms with Crippen molar-refractivity contribution in [1.82, 2.24) is 5.32 Å². The van der Waals surface area contributed by atoms with E-state index in [0.717, 1.165) is 11.5 Å². The van der Waals surface area contributed by atoms with Crippen LogP contribution in [0, 0.1) is 0 Å². The van der Waals surface area contributed by atoms with E-state index in [-0.39, 0.29) is 10.8 Å². The maximum Gasteiger partial charge on any atom is 0.261 e. The number of methoxy groups -OCH3 is 1. The predicted octanol–water partition coefficient (Wildman–Crippen LogP) is 4.22. The van der Waals surface area contributed by atoms with Gasteiger partial charge >= 0.3 is 0 Å². The van der Waals surface area contributed by atoms with Crippen LogP contribution >= 0.6 is 23.1 Å². The van der Waals surface area contributed by atoms with Crippen LogP contribution in [0.5, 0.6) is 5.75 Å². The van der Waals surface area contributed by atoms with Crippen molar-refractivity contribution in [1.29, 1.82) is 0 Å². The van der Waals surface area contributed by atoms with E-state index >= 15 is 0 Å². The molecule has 6 nitrogen and oxygen atoms in total. The Morgan fingerprint density at radius 2 is 1.80 bits per heavy atom. The van der Waals surface area contributed by atoms with E-state index in [4.69, 9.17) is 4.74 Å². The molecule has 2 N–H and O–H groups in total. The second-order valence-corrected chi connectivity index (χ2v) is 10.1. The standard InChI is InChI=1S/C21H22N2O4S3/c1-27-18-8-6-17(7-9-18)23-30(25,26)20-10-4-16(5-11-20)21(24)22-12-14-28-15-19-3-2-13-29-19/h2-11,13,23H,12,14-15H2,1H3,(H,22,24). The van der Waals surface area contributed by atoms with E-state index in [0.29, 0.717) is 23.5 Å².